The second kappa shape index (κ2) is 8.37. The normalized spacial score (nSPS) is 13.7. The van der Waals surface area contributed by atoms with Crippen molar-refractivity contribution in [3.8, 4) is 0 Å². The number of methoxy groups -OCH3 is 1. The number of esters is 1. The van der Waals surface area contributed by atoms with Gasteiger partial charge in [-0.1, -0.05) is 13.3 Å². The molecule has 0 bridgehead atoms. The van der Waals surface area contributed by atoms with Crippen molar-refractivity contribution in [2.45, 2.75) is 58.9 Å². The molecule has 8 nitrogen and oxygen atoms in total. The number of nitrogens with one attached hydrogen (secondary N) is 2. The van der Waals surface area contributed by atoms with Crippen LogP contribution >= 0.6 is 0 Å². The maximum Gasteiger partial charge on any atom is 0.339 e. The average molecular weight is 373 g/mol. The van der Waals surface area contributed by atoms with Gasteiger partial charge in [0.1, 0.15) is 17.3 Å². The molecule has 3 rings (SSSR count). The molecule has 3 heterocycles. The van der Waals surface area contributed by atoms with E-state index in [2.05, 4.69) is 25.1 Å². The molecule has 0 aliphatic carbocycles. The highest BCUT2D eigenvalue weighted by Crippen LogP contribution is 2.20. The van der Waals surface area contributed by atoms with E-state index in [0.717, 1.165) is 37.5 Å². The molecule has 2 aromatic heterocycles. The topological polar surface area (TPSA) is 102 Å². The summed E-state index contributed by atoms with van der Waals surface area (Å²) in [6.45, 7) is 5.10. The van der Waals surface area contributed by atoms with Crippen LogP contribution in [0.1, 0.15) is 69.9 Å². The number of carbonyl (C=O) groups is 2. The highest BCUT2D eigenvalue weighted by molar-refractivity contribution is 6.00. The molecule has 0 saturated carbocycles. The molecular formula is C19H27N5O3. The lowest BCUT2D eigenvalue weighted by Gasteiger charge is -2.08. The van der Waals surface area contributed by atoms with E-state index in [1.165, 1.54) is 13.5 Å². The van der Waals surface area contributed by atoms with Crippen molar-refractivity contribution in [2.24, 2.45) is 0 Å². The van der Waals surface area contributed by atoms with E-state index < -0.39 is 5.97 Å². The highest BCUT2D eigenvalue weighted by Gasteiger charge is 2.23. The number of nitrogens with zero attached hydrogens (tertiary/aromatic N) is 3. The molecule has 0 aromatic carbocycles. The fourth-order valence-corrected chi connectivity index (χ4v) is 3.64. The molecule has 1 aliphatic rings. The smallest absolute Gasteiger partial charge is 0.339 e. The zero-order chi connectivity index (χ0) is 19.4. The van der Waals surface area contributed by atoms with Crippen LogP contribution in [0.5, 0.6) is 0 Å². The van der Waals surface area contributed by atoms with Gasteiger partial charge in [-0.15, -0.1) is 10.2 Å². The summed E-state index contributed by atoms with van der Waals surface area (Å²) in [5.74, 6) is 1.31. The Balaban J connectivity index is 1.66. The van der Waals surface area contributed by atoms with Gasteiger partial charge in [-0.2, -0.15) is 0 Å². The lowest BCUT2D eigenvalue weighted by atomic mass is 10.1. The second-order valence-electron chi connectivity index (χ2n) is 6.82. The minimum absolute atomic E-state index is 0.229. The molecule has 146 valence electrons. The Morgan fingerprint density at radius 3 is 2.81 bits per heavy atom. The highest BCUT2D eigenvalue weighted by atomic mass is 16.5. The first-order valence-electron chi connectivity index (χ1n) is 9.55. The van der Waals surface area contributed by atoms with Gasteiger partial charge in [0.05, 0.1) is 12.7 Å². The molecule has 0 radical (unpaired) electrons. The minimum Gasteiger partial charge on any atom is -0.465 e. The van der Waals surface area contributed by atoms with Gasteiger partial charge in [0.25, 0.3) is 5.91 Å². The van der Waals surface area contributed by atoms with E-state index in [1.54, 1.807) is 6.92 Å². The van der Waals surface area contributed by atoms with E-state index in [4.69, 9.17) is 4.74 Å². The van der Waals surface area contributed by atoms with Crippen LogP contribution in [-0.2, 0) is 30.5 Å². The van der Waals surface area contributed by atoms with Crippen LogP contribution < -0.4 is 5.32 Å². The van der Waals surface area contributed by atoms with Gasteiger partial charge in [-0.25, -0.2) is 4.79 Å². The Kier molecular flexibility index (Phi) is 5.93. The van der Waals surface area contributed by atoms with Crippen LogP contribution in [0.4, 0.5) is 0 Å². The number of rotatable bonds is 6. The predicted octanol–water partition coefficient (Wildman–Crippen LogP) is 1.96. The summed E-state index contributed by atoms with van der Waals surface area (Å²) >= 11 is 0. The largest absolute Gasteiger partial charge is 0.465 e. The second-order valence-corrected chi connectivity index (χ2v) is 6.82. The van der Waals surface area contributed by atoms with Crippen molar-refractivity contribution < 1.29 is 14.3 Å². The number of carbonyl (C=O) groups excluding carboxylic acids is 2. The van der Waals surface area contributed by atoms with E-state index in [-0.39, 0.29) is 5.91 Å². The molecule has 0 fully saturated rings. The Hall–Kier alpha value is -2.64. The standard InChI is InChI=1S/C19H27N5O3/c1-4-13-16(19(26)27-3)12(2)17(21-13)18(25)20-10-9-15-23-22-14-8-6-5-7-11-24(14)15/h21H,4-11H2,1-3H3,(H,20,25). The van der Waals surface area contributed by atoms with E-state index in [0.29, 0.717) is 41.9 Å². The minimum atomic E-state index is -0.425. The maximum absolute atomic E-state index is 12.6. The van der Waals surface area contributed by atoms with Crippen LogP contribution in [0, 0.1) is 6.92 Å². The molecule has 0 atom stereocenters. The quantitative estimate of drug-likeness (QED) is 0.754. The summed E-state index contributed by atoms with van der Waals surface area (Å²) in [7, 11) is 1.34. The third-order valence-corrected chi connectivity index (χ3v) is 5.12. The van der Waals surface area contributed by atoms with Crippen LogP contribution in [-0.4, -0.2) is 45.3 Å². The first kappa shape index (κ1) is 19.1. The first-order valence-corrected chi connectivity index (χ1v) is 9.55. The third kappa shape index (κ3) is 3.89. The van der Waals surface area contributed by atoms with Crippen molar-refractivity contribution in [3.63, 3.8) is 0 Å². The molecular weight excluding hydrogens is 346 g/mol. The number of amides is 1. The van der Waals surface area contributed by atoms with Crippen LogP contribution in [0.3, 0.4) is 0 Å². The Labute approximate surface area is 158 Å². The lowest BCUT2D eigenvalue weighted by molar-refractivity contribution is 0.0599. The first-order chi connectivity index (χ1) is 13.1. The molecule has 1 aliphatic heterocycles. The van der Waals surface area contributed by atoms with E-state index in [1.807, 2.05) is 6.92 Å². The fraction of sp³-hybridized carbons (Fsp3) is 0.579. The molecule has 2 aromatic rings. The van der Waals surface area contributed by atoms with Crippen molar-refractivity contribution >= 4 is 11.9 Å². The predicted molar refractivity (Wildman–Crippen MR) is 99.9 cm³/mol. The Bertz CT molecular complexity index is 837. The van der Waals surface area contributed by atoms with E-state index >= 15 is 0 Å². The van der Waals surface area contributed by atoms with E-state index in [9.17, 15) is 9.59 Å². The molecule has 1 amide bonds. The number of aryl methyl sites for hydroxylation is 2. The van der Waals surface area contributed by atoms with Gasteiger partial charge in [-0.05, 0) is 31.7 Å². The zero-order valence-electron chi connectivity index (χ0n) is 16.2. The number of H-pyrrole nitrogens is 1. The number of aromatic nitrogens is 4. The van der Waals surface area contributed by atoms with Crippen LogP contribution in [0.15, 0.2) is 0 Å². The van der Waals surface area contributed by atoms with Gasteiger partial charge in [0.2, 0.25) is 0 Å². The molecule has 0 unspecified atom stereocenters. The van der Waals surface area contributed by atoms with Crippen molar-refractivity contribution in [3.05, 3.63) is 34.2 Å². The number of hydrogen-bond acceptors (Lipinski definition) is 5. The molecule has 27 heavy (non-hydrogen) atoms. The van der Waals surface area contributed by atoms with Gasteiger partial charge in [0.15, 0.2) is 0 Å². The van der Waals surface area contributed by atoms with Gasteiger partial charge < -0.3 is 19.6 Å². The SMILES string of the molecule is CCc1[nH]c(C(=O)NCCc2nnc3n2CCCCC3)c(C)c1C(=O)OC. The monoisotopic (exact) mass is 373 g/mol. The molecule has 0 spiro atoms. The fourth-order valence-electron chi connectivity index (χ4n) is 3.64. The van der Waals surface area contributed by atoms with Crippen molar-refractivity contribution in [2.75, 3.05) is 13.7 Å². The zero-order valence-corrected chi connectivity index (χ0v) is 16.2. The summed E-state index contributed by atoms with van der Waals surface area (Å²) in [6, 6.07) is 0. The summed E-state index contributed by atoms with van der Waals surface area (Å²) < 4.78 is 7.02. The van der Waals surface area contributed by atoms with Crippen molar-refractivity contribution in [1.29, 1.82) is 0 Å². The molecule has 8 heteroatoms. The van der Waals surface area contributed by atoms with Gasteiger partial charge >= 0.3 is 5.97 Å². The third-order valence-electron chi connectivity index (χ3n) is 5.12. The number of fused-ring (bicyclic) bond motifs is 1. The summed E-state index contributed by atoms with van der Waals surface area (Å²) in [5.41, 5.74) is 2.19. The molecule has 2 N–H and O–H groups in total. The van der Waals surface area contributed by atoms with Crippen LogP contribution in [0.25, 0.3) is 0 Å². The number of aromatic amines is 1. The Morgan fingerprint density at radius 2 is 2.07 bits per heavy atom. The summed E-state index contributed by atoms with van der Waals surface area (Å²) in [5, 5.41) is 11.5. The molecule has 0 saturated heterocycles. The van der Waals surface area contributed by atoms with Gasteiger partial charge in [-0.3, -0.25) is 4.79 Å². The lowest BCUT2D eigenvalue weighted by Crippen LogP contribution is -2.27. The maximum atomic E-state index is 12.6. The van der Waals surface area contributed by atoms with Crippen molar-refractivity contribution in [1.82, 2.24) is 25.1 Å². The van der Waals surface area contributed by atoms with Crippen LogP contribution in [0.2, 0.25) is 0 Å². The number of hydrogen-bond donors (Lipinski definition) is 2. The number of ether oxygens (including phenoxy) is 1. The Morgan fingerprint density at radius 1 is 1.26 bits per heavy atom. The average Bonchev–Trinajstić information content (AvgIpc) is 3.12. The van der Waals surface area contributed by atoms with Gasteiger partial charge in [0, 0.05) is 31.6 Å². The summed E-state index contributed by atoms with van der Waals surface area (Å²) in [4.78, 5) is 27.7. The summed E-state index contributed by atoms with van der Waals surface area (Å²) in [6.07, 6.45) is 5.73.